The molecule has 0 unspecified atom stereocenters. The van der Waals surface area contributed by atoms with Crippen LogP contribution in [0.25, 0.3) is 0 Å². The molecule has 5 heteroatoms. The molecule has 0 aliphatic heterocycles. The summed E-state index contributed by atoms with van der Waals surface area (Å²) in [5.74, 6) is -0.0714. The first kappa shape index (κ1) is 10.6. The number of rotatable bonds is 2. The van der Waals surface area contributed by atoms with E-state index >= 15 is 0 Å². The highest BCUT2D eigenvalue weighted by Gasteiger charge is 2.32. The predicted molar refractivity (Wildman–Crippen MR) is 44.7 cm³/mol. The lowest BCUT2D eigenvalue weighted by Crippen LogP contribution is -2.07. The van der Waals surface area contributed by atoms with E-state index in [1.165, 1.54) is 18.4 Å². The van der Waals surface area contributed by atoms with Crippen molar-refractivity contribution in [3.63, 3.8) is 0 Å². The molecule has 1 rings (SSSR count). The number of hydrogen-bond acceptors (Lipinski definition) is 2. The van der Waals surface area contributed by atoms with E-state index in [0.717, 1.165) is 6.07 Å². The molecule has 0 radical (unpaired) electrons. The standard InChI is InChI=1S/C9H8F3NO/c1-2-6-14-8-5-3-4-7(13-8)9(10,11)12/h2-6H,1H3/b6-2-. The molecule has 0 aromatic carbocycles. The third-order valence-electron chi connectivity index (χ3n) is 1.34. The van der Waals surface area contributed by atoms with Crippen LogP contribution in [0.5, 0.6) is 5.88 Å². The topological polar surface area (TPSA) is 22.1 Å². The Balaban J connectivity index is 2.90. The summed E-state index contributed by atoms with van der Waals surface area (Å²) in [5, 5.41) is 0. The van der Waals surface area contributed by atoms with Gasteiger partial charge in [-0.15, -0.1) is 0 Å². The SMILES string of the molecule is C/C=C\Oc1cccc(C(F)(F)F)n1. The Morgan fingerprint density at radius 3 is 2.64 bits per heavy atom. The fraction of sp³-hybridized carbons (Fsp3) is 0.222. The molecule has 1 aromatic rings. The van der Waals surface area contributed by atoms with E-state index in [4.69, 9.17) is 4.74 Å². The molecule has 0 bridgehead atoms. The van der Waals surface area contributed by atoms with E-state index in [0.29, 0.717) is 0 Å². The average molecular weight is 203 g/mol. The molecule has 0 aliphatic carbocycles. The molecule has 14 heavy (non-hydrogen) atoms. The molecular formula is C9H8F3NO. The van der Waals surface area contributed by atoms with Crippen molar-refractivity contribution >= 4 is 0 Å². The number of ether oxygens (including phenoxy) is 1. The fourth-order valence-corrected chi connectivity index (χ4v) is 0.776. The second-order valence-electron chi connectivity index (χ2n) is 2.45. The molecule has 0 saturated heterocycles. The molecule has 1 heterocycles. The van der Waals surface area contributed by atoms with Crippen molar-refractivity contribution in [1.29, 1.82) is 0 Å². The third kappa shape index (κ3) is 2.76. The molecule has 0 saturated carbocycles. The number of pyridine rings is 1. The lowest BCUT2D eigenvalue weighted by atomic mass is 10.3. The molecule has 0 spiro atoms. The smallest absolute Gasteiger partial charge is 0.433 e. The van der Waals surface area contributed by atoms with Crippen LogP contribution in [0.3, 0.4) is 0 Å². The quantitative estimate of drug-likeness (QED) is 0.689. The van der Waals surface area contributed by atoms with E-state index in [1.54, 1.807) is 13.0 Å². The first-order valence-electron chi connectivity index (χ1n) is 3.86. The minimum absolute atomic E-state index is 0.0714. The Labute approximate surface area is 79.0 Å². The Bertz CT molecular complexity index is 333. The van der Waals surface area contributed by atoms with Crippen LogP contribution in [0, 0.1) is 0 Å². The van der Waals surface area contributed by atoms with Gasteiger partial charge in [0.25, 0.3) is 0 Å². The van der Waals surface area contributed by atoms with E-state index in [1.807, 2.05) is 0 Å². The van der Waals surface area contributed by atoms with Gasteiger partial charge in [0, 0.05) is 6.07 Å². The summed E-state index contributed by atoms with van der Waals surface area (Å²) < 4.78 is 41.3. The Morgan fingerprint density at radius 1 is 1.36 bits per heavy atom. The van der Waals surface area contributed by atoms with Crippen molar-refractivity contribution in [2.24, 2.45) is 0 Å². The summed E-state index contributed by atoms with van der Waals surface area (Å²) >= 11 is 0. The monoisotopic (exact) mass is 203 g/mol. The van der Waals surface area contributed by atoms with E-state index < -0.39 is 11.9 Å². The number of aromatic nitrogens is 1. The van der Waals surface area contributed by atoms with Gasteiger partial charge in [-0.3, -0.25) is 0 Å². The van der Waals surface area contributed by atoms with Gasteiger partial charge in [-0.2, -0.15) is 13.2 Å². The second-order valence-corrected chi connectivity index (χ2v) is 2.45. The Kier molecular flexibility index (Phi) is 3.11. The molecule has 76 valence electrons. The highest BCUT2D eigenvalue weighted by Crippen LogP contribution is 2.28. The molecule has 0 atom stereocenters. The van der Waals surface area contributed by atoms with Crippen molar-refractivity contribution < 1.29 is 17.9 Å². The normalized spacial score (nSPS) is 12.0. The number of hydrogen-bond donors (Lipinski definition) is 0. The van der Waals surface area contributed by atoms with Gasteiger partial charge in [0.1, 0.15) is 5.69 Å². The van der Waals surface area contributed by atoms with Gasteiger partial charge in [0.05, 0.1) is 6.26 Å². The third-order valence-corrected chi connectivity index (χ3v) is 1.34. The van der Waals surface area contributed by atoms with E-state index in [-0.39, 0.29) is 5.88 Å². The maximum Gasteiger partial charge on any atom is 0.433 e. The fourth-order valence-electron chi connectivity index (χ4n) is 0.776. The zero-order chi connectivity index (χ0) is 10.6. The number of nitrogens with zero attached hydrogens (tertiary/aromatic N) is 1. The van der Waals surface area contributed by atoms with Gasteiger partial charge < -0.3 is 4.74 Å². The van der Waals surface area contributed by atoms with Gasteiger partial charge in [0.2, 0.25) is 5.88 Å². The van der Waals surface area contributed by atoms with Crippen LogP contribution >= 0.6 is 0 Å². The van der Waals surface area contributed by atoms with Gasteiger partial charge in [-0.05, 0) is 13.0 Å². The number of alkyl halides is 3. The molecule has 0 fully saturated rings. The van der Waals surface area contributed by atoms with Crippen LogP contribution in [0.4, 0.5) is 13.2 Å². The van der Waals surface area contributed by atoms with Crippen molar-refractivity contribution in [3.8, 4) is 5.88 Å². The van der Waals surface area contributed by atoms with Gasteiger partial charge in [-0.25, -0.2) is 4.98 Å². The minimum atomic E-state index is -4.44. The van der Waals surface area contributed by atoms with Crippen LogP contribution in [-0.4, -0.2) is 4.98 Å². The molecule has 0 aliphatic rings. The summed E-state index contributed by atoms with van der Waals surface area (Å²) in [4.78, 5) is 3.28. The maximum atomic E-state index is 12.2. The molecule has 0 amide bonds. The molecule has 2 nitrogen and oxygen atoms in total. The molecule has 0 N–H and O–H groups in total. The van der Waals surface area contributed by atoms with Crippen molar-refractivity contribution in [2.45, 2.75) is 13.1 Å². The van der Waals surface area contributed by atoms with Gasteiger partial charge >= 0.3 is 6.18 Å². The summed E-state index contributed by atoms with van der Waals surface area (Å²) in [6.07, 6.45) is -1.61. The van der Waals surface area contributed by atoms with Crippen LogP contribution in [0.15, 0.2) is 30.5 Å². The first-order chi connectivity index (χ1) is 6.54. The van der Waals surface area contributed by atoms with Crippen molar-refractivity contribution in [1.82, 2.24) is 4.98 Å². The van der Waals surface area contributed by atoms with Crippen molar-refractivity contribution in [3.05, 3.63) is 36.2 Å². The average Bonchev–Trinajstić information content (AvgIpc) is 2.14. The largest absolute Gasteiger partial charge is 0.447 e. The van der Waals surface area contributed by atoms with E-state index in [9.17, 15) is 13.2 Å². The Morgan fingerprint density at radius 2 is 2.07 bits per heavy atom. The summed E-state index contributed by atoms with van der Waals surface area (Å²) in [6, 6.07) is 3.49. The highest BCUT2D eigenvalue weighted by atomic mass is 19.4. The van der Waals surface area contributed by atoms with Crippen LogP contribution in [0.2, 0.25) is 0 Å². The Hall–Kier alpha value is -1.52. The lowest BCUT2D eigenvalue weighted by Gasteiger charge is -2.06. The zero-order valence-corrected chi connectivity index (χ0v) is 7.38. The van der Waals surface area contributed by atoms with Gasteiger partial charge in [-0.1, -0.05) is 12.1 Å². The summed E-state index contributed by atoms with van der Waals surface area (Å²) in [5.41, 5.74) is -0.959. The first-order valence-corrected chi connectivity index (χ1v) is 3.86. The van der Waals surface area contributed by atoms with Crippen LogP contribution < -0.4 is 4.74 Å². The molecule has 1 aromatic heterocycles. The highest BCUT2D eigenvalue weighted by molar-refractivity contribution is 5.18. The van der Waals surface area contributed by atoms with Crippen LogP contribution in [0.1, 0.15) is 12.6 Å². The summed E-state index contributed by atoms with van der Waals surface area (Å²) in [6.45, 7) is 1.69. The predicted octanol–water partition coefficient (Wildman–Crippen LogP) is 3.01. The van der Waals surface area contributed by atoms with E-state index in [2.05, 4.69) is 4.98 Å². The number of allylic oxidation sites excluding steroid dienone is 1. The minimum Gasteiger partial charge on any atom is -0.447 e. The lowest BCUT2D eigenvalue weighted by molar-refractivity contribution is -0.141. The van der Waals surface area contributed by atoms with Crippen LogP contribution in [-0.2, 0) is 6.18 Å². The second kappa shape index (κ2) is 4.13. The summed E-state index contributed by atoms with van der Waals surface area (Å²) in [7, 11) is 0. The zero-order valence-electron chi connectivity index (χ0n) is 7.38. The van der Waals surface area contributed by atoms with Crippen molar-refractivity contribution in [2.75, 3.05) is 0 Å². The molecular weight excluding hydrogens is 195 g/mol. The van der Waals surface area contributed by atoms with Gasteiger partial charge in [0.15, 0.2) is 0 Å². The number of halogens is 3. The maximum absolute atomic E-state index is 12.2.